The number of halogens is 1. The molecule has 2 nitrogen and oxygen atoms in total. The molecule has 0 unspecified atom stereocenters. The molecule has 0 amide bonds. The molecule has 3 heteroatoms. The Morgan fingerprint density at radius 3 is 2.33 bits per heavy atom. The molecule has 0 aliphatic heterocycles. The first kappa shape index (κ1) is 10.4. The van der Waals surface area contributed by atoms with E-state index >= 15 is 0 Å². The fourth-order valence-corrected chi connectivity index (χ4v) is 1.99. The topological polar surface area (TPSA) is 34.1 Å². The number of hydrogen-bond acceptors (Lipinski definition) is 2. The average molecular weight is 223 g/mol. The molecule has 0 heterocycles. The van der Waals surface area contributed by atoms with Gasteiger partial charge in [0.1, 0.15) is 5.78 Å². The molecule has 0 spiro atoms. The lowest BCUT2D eigenvalue weighted by atomic mass is 9.91. The van der Waals surface area contributed by atoms with Crippen LogP contribution in [0.15, 0.2) is 24.3 Å². The molecule has 2 rings (SSSR count). The summed E-state index contributed by atoms with van der Waals surface area (Å²) in [6, 6.07) is 6.88. The summed E-state index contributed by atoms with van der Waals surface area (Å²) < 4.78 is 0. The number of hydrogen-bond donors (Lipinski definition) is 0. The van der Waals surface area contributed by atoms with Gasteiger partial charge < -0.3 is 0 Å². The van der Waals surface area contributed by atoms with Crippen LogP contribution in [0.25, 0.3) is 0 Å². The maximum absolute atomic E-state index is 12.1. The molecule has 0 N–H and O–H groups in total. The molecule has 78 valence electrons. The van der Waals surface area contributed by atoms with Gasteiger partial charge in [-0.05, 0) is 31.9 Å². The zero-order chi connectivity index (χ0) is 11.1. The molecular weight excluding hydrogens is 212 g/mol. The van der Waals surface area contributed by atoms with E-state index in [1.54, 1.807) is 24.3 Å². The Hall–Kier alpha value is -1.15. The van der Waals surface area contributed by atoms with E-state index in [0.717, 1.165) is 0 Å². The smallest absolute Gasteiger partial charge is 0.177 e. The van der Waals surface area contributed by atoms with Gasteiger partial charge in [0.05, 0.1) is 10.4 Å². The first-order valence-corrected chi connectivity index (χ1v) is 5.26. The van der Waals surface area contributed by atoms with Crippen molar-refractivity contribution in [1.29, 1.82) is 0 Å². The van der Waals surface area contributed by atoms with Gasteiger partial charge in [0.15, 0.2) is 5.78 Å². The van der Waals surface area contributed by atoms with Crippen LogP contribution in [0.2, 0.25) is 5.02 Å². The monoisotopic (exact) mass is 222 g/mol. The van der Waals surface area contributed by atoms with E-state index in [1.165, 1.54) is 6.92 Å². The standard InChI is InChI=1S/C12H11ClO2/c1-8(14)12(6-7-12)11(15)9-4-2-3-5-10(9)13/h2-5H,6-7H2,1H3. The second-order valence-corrected chi connectivity index (χ2v) is 4.35. The van der Waals surface area contributed by atoms with E-state index in [-0.39, 0.29) is 11.6 Å². The second kappa shape index (κ2) is 3.46. The Bertz CT molecular complexity index is 433. The summed E-state index contributed by atoms with van der Waals surface area (Å²) >= 11 is 5.93. The van der Waals surface area contributed by atoms with Gasteiger partial charge in [-0.2, -0.15) is 0 Å². The molecule has 0 aromatic heterocycles. The lowest BCUT2D eigenvalue weighted by molar-refractivity contribution is -0.120. The molecule has 1 aromatic rings. The summed E-state index contributed by atoms with van der Waals surface area (Å²) in [7, 11) is 0. The fourth-order valence-electron chi connectivity index (χ4n) is 1.77. The van der Waals surface area contributed by atoms with Crippen LogP contribution in [-0.4, -0.2) is 11.6 Å². The molecule has 0 saturated heterocycles. The van der Waals surface area contributed by atoms with Crippen molar-refractivity contribution in [2.45, 2.75) is 19.8 Å². The number of ketones is 2. The van der Waals surface area contributed by atoms with Gasteiger partial charge in [0, 0.05) is 5.56 Å². The Morgan fingerprint density at radius 1 is 1.27 bits per heavy atom. The van der Waals surface area contributed by atoms with Gasteiger partial charge in [-0.15, -0.1) is 0 Å². The highest BCUT2D eigenvalue weighted by atomic mass is 35.5. The molecule has 1 aliphatic carbocycles. The van der Waals surface area contributed by atoms with Crippen molar-refractivity contribution < 1.29 is 9.59 Å². The lowest BCUT2D eigenvalue weighted by Gasteiger charge is -2.10. The Morgan fingerprint density at radius 2 is 1.87 bits per heavy atom. The predicted octanol–water partition coefficient (Wildman–Crippen LogP) is 2.89. The molecule has 1 saturated carbocycles. The van der Waals surface area contributed by atoms with E-state index in [2.05, 4.69) is 0 Å². The van der Waals surface area contributed by atoms with E-state index in [0.29, 0.717) is 23.4 Å². The van der Waals surface area contributed by atoms with Crippen LogP contribution < -0.4 is 0 Å². The third kappa shape index (κ3) is 1.59. The quantitative estimate of drug-likeness (QED) is 0.582. The van der Waals surface area contributed by atoms with E-state index < -0.39 is 5.41 Å². The molecule has 1 aromatic carbocycles. The molecule has 1 aliphatic rings. The summed E-state index contributed by atoms with van der Waals surface area (Å²) in [6.07, 6.45) is 1.32. The zero-order valence-corrected chi connectivity index (χ0v) is 9.17. The molecule has 0 bridgehead atoms. The van der Waals surface area contributed by atoms with Crippen LogP contribution in [-0.2, 0) is 4.79 Å². The number of carbonyl (C=O) groups is 2. The molecular formula is C12H11ClO2. The van der Waals surface area contributed by atoms with E-state index in [4.69, 9.17) is 11.6 Å². The fraction of sp³-hybridized carbons (Fsp3) is 0.333. The molecule has 0 radical (unpaired) electrons. The minimum absolute atomic E-state index is 0.0487. The first-order valence-electron chi connectivity index (χ1n) is 4.88. The Kier molecular flexibility index (Phi) is 2.39. The van der Waals surface area contributed by atoms with Crippen molar-refractivity contribution in [3.8, 4) is 0 Å². The van der Waals surface area contributed by atoms with Gasteiger partial charge in [-0.3, -0.25) is 9.59 Å². The summed E-state index contributed by atoms with van der Waals surface area (Å²) in [5.74, 6) is -0.173. The van der Waals surface area contributed by atoms with Crippen LogP contribution in [0.5, 0.6) is 0 Å². The van der Waals surface area contributed by atoms with Crippen LogP contribution in [0.1, 0.15) is 30.1 Å². The zero-order valence-electron chi connectivity index (χ0n) is 8.42. The number of carbonyl (C=O) groups excluding carboxylic acids is 2. The van der Waals surface area contributed by atoms with Crippen molar-refractivity contribution in [2.75, 3.05) is 0 Å². The third-order valence-electron chi connectivity index (χ3n) is 2.98. The van der Waals surface area contributed by atoms with E-state index in [1.807, 2.05) is 0 Å². The van der Waals surface area contributed by atoms with Gasteiger partial charge >= 0.3 is 0 Å². The maximum Gasteiger partial charge on any atom is 0.177 e. The van der Waals surface area contributed by atoms with Crippen molar-refractivity contribution in [3.05, 3.63) is 34.9 Å². The summed E-state index contributed by atoms with van der Waals surface area (Å²) in [5.41, 5.74) is -0.294. The normalized spacial score (nSPS) is 17.2. The SMILES string of the molecule is CC(=O)C1(C(=O)c2ccccc2Cl)CC1. The van der Waals surface area contributed by atoms with Crippen molar-refractivity contribution in [3.63, 3.8) is 0 Å². The van der Waals surface area contributed by atoms with Crippen LogP contribution in [0, 0.1) is 5.41 Å². The minimum Gasteiger partial charge on any atom is -0.299 e. The van der Waals surface area contributed by atoms with Crippen LogP contribution in [0.3, 0.4) is 0 Å². The largest absolute Gasteiger partial charge is 0.299 e. The van der Waals surface area contributed by atoms with Gasteiger partial charge in [0.2, 0.25) is 0 Å². The highest BCUT2D eigenvalue weighted by Crippen LogP contribution is 2.49. The first-order chi connectivity index (χ1) is 7.08. The Balaban J connectivity index is 2.38. The van der Waals surface area contributed by atoms with Crippen LogP contribution >= 0.6 is 11.6 Å². The van der Waals surface area contributed by atoms with Crippen molar-refractivity contribution >= 4 is 23.2 Å². The third-order valence-corrected chi connectivity index (χ3v) is 3.31. The van der Waals surface area contributed by atoms with Crippen LogP contribution in [0.4, 0.5) is 0 Å². The highest BCUT2D eigenvalue weighted by Gasteiger charge is 2.54. The summed E-state index contributed by atoms with van der Waals surface area (Å²) in [5, 5.41) is 0.426. The van der Waals surface area contributed by atoms with E-state index in [9.17, 15) is 9.59 Å². The van der Waals surface area contributed by atoms with Crippen molar-refractivity contribution in [2.24, 2.45) is 5.41 Å². The second-order valence-electron chi connectivity index (χ2n) is 3.95. The molecule has 15 heavy (non-hydrogen) atoms. The van der Waals surface area contributed by atoms with Crippen molar-refractivity contribution in [1.82, 2.24) is 0 Å². The minimum atomic E-state index is -0.759. The highest BCUT2D eigenvalue weighted by molar-refractivity contribution is 6.35. The summed E-state index contributed by atoms with van der Waals surface area (Å²) in [6.45, 7) is 1.47. The molecule has 1 fully saturated rings. The number of benzene rings is 1. The summed E-state index contributed by atoms with van der Waals surface area (Å²) in [4.78, 5) is 23.5. The van der Waals surface area contributed by atoms with Gasteiger partial charge in [-0.1, -0.05) is 23.7 Å². The maximum atomic E-state index is 12.1. The molecule has 0 atom stereocenters. The van der Waals surface area contributed by atoms with Gasteiger partial charge in [-0.25, -0.2) is 0 Å². The average Bonchev–Trinajstić information content (AvgIpc) is 2.98. The number of Topliss-reactive ketones (excluding diaryl/α,β-unsaturated/α-hetero) is 2. The predicted molar refractivity (Wildman–Crippen MR) is 58.1 cm³/mol. The Labute approximate surface area is 93.2 Å². The number of rotatable bonds is 3. The lowest BCUT2D eigenvalue weighted by Crippen LogP contribution is -2.23. The van der Waals surface area contributed by atoms with Gasteiger partial charge in [0.25, 0.3) is 0 Å².